The molecule has 186 valence electrons. The molecule has 3 aromatic carbocycles. The molecular weight excluding hydrogens is 460 g/mol. The van der Waals surface area contributed by atoms with Crippen LogP contribution in [0.3, 0.4) is 0 Å². The Balaban J connectivity index is 1.44. The predicted molar refractivity (Wildman–Crippen MR) is 146 cm³/mol. The molecule has 1 aromatic heterocycles. The van der Waals surface area contributed by atoms with Crippen LogP contribution < -0.4 is 5.32 Å². The maximum atomic E-state index is 13.7. The number of aromatic nitrogens is 1. The first-order chi connectivity index (χ1) is 18.0. The summed E-state index contributed by atoms with van der Waals surface area (Å²) < 4.78 is 2.08. The Hall–Kier alpha value is -4.57. The van der Waals surface area contributed by atoms with Crippen LogP contribution in [0, 0.1) is 18.4 Å². The van der Waals surface area contributed by atoms with Gasteiger partial charge in [-0.2, -0.15) is 5.26 Å². The highest BCUT2D eigenvalue weighted by atomic mass is 16.2. The van der Waals surface area contributed by atoms with Gasteiger partial charge in [0.1, 0.15) is 0 Å². The minimum atomic E-state index is -0.167. The number of fused-ring (bicyclic) bond motifs is 1. The van der Waals surface area contributed by atoms with Crippen molar-refractivity contribution in [2.45, 2.75) is 19.4 Å². The number of carbonyl (C=O) groups excluding carboxylic acids is 1. The Morgan fingerprint density at radius 1 is 1.03 bits per heavy atom. The van der Waals surface area contributed by atoms with Crippen molar-refractivity contribution >= 4 is 28.5 Å². The number of rotatable bonds is 4. The summed E-state index contributed by atoms with van der Waals surface area (Å²) >= 11 is 0. The SMILES string of the molecule is Cc1ccccc1N=C(NC#N)N1CCN(C(=O)Cc2cn(C)c3ccccc23)C(c2ccccc2)C1. The molecule has 0 saturated carbocycles. The maximum absolute atomic E-state index is 13.7. The zero-order valence-electron chi connectivity index (χ0n) is 21.1. The molecule has 4 aromatic rings. The number of nitriles is 1. The van der Waals surface area contributed by atoms with Gasteiger partial charge in [-0.05, 0) is 35.7 Å². The molecule has 1 aliphatic heterocycles. The molecule has 1 unspecified atom stereocenters. The number of aryl methyl sites for hydroxylation is 2. The van der Waals surface area contributed by atoms with Crippen molar-refractivity contribution in [3.63, 3.8) is 0 Å². The molecule has 1 aliphatic rings. The Bertz CT molecular complexity index is 1480. The van der Waals surface area contributed by atoms with Crippen LogP contribution in [0.1, 0.15) is 22.7 Å². The molecule has 0 radical (unpaired) electrons. The largest absolute Gasteiger partial charge is 0.350 e. The summed E-state index contributed by atoms with van der Waals surface area (Å²) in [7, 11) is 2.01. The highest BCUT2D eigenvalue weighted by Gasteiger charge is 2.33. The van der Waals surface area contributed by atoms with Crippen molar-refractivity contribution in [2.24, 2.45) is 12.0 Å². The van der Waals surface area contributed by atoms with Gasteiger partial charge in [0.25, 0.3) is 0 Å². The summed E-state index contributed by atoms with van der Waals surface area (Å²) in [5, 5.41) is 13.3. The third kappa shape index (κ3) is 5.05. The highest BCUT2D eigenvalue weighted by molar-refractivity contribution is 5.90. The van der Waals surface area contributed by atoms with Crippen LogP contribution >= 0.6 is 0 Å². The molecule has 5 rings (SSSR count). The quantitative estimate of drug-likeness (QED) is 0.195. The molecule has 2 heterocycles. The second-order valence-electron chi connectivity index (χ2n) is 9.38. The maximum Gasteiger partial charge on any atom is 0.227 e. The highest BCUT2D eigenvalue weighted by Crippen LogP contribution is 2.29. The molecule has 0 bridgehead atoms. The molecule has 7 nitrogen and oxygen atoms in total. The van der Waals surface area contributed by atoms with Crippen molar-refractivity contribution in [3.8, 4) is 6.19 Å². The molecule has 1 amide bonds. The average molecular weight is 491 g/mol. The van der Waals surface area contributed by atoms with Gasteiger partial charge in [0.15, 0.2) is 6.19 Å². The van der Waals surface area contributed by atoms with Crippen LogP contribution in [-0.4, -0.2) is 45.9 Å². The molecule has 37 heavy (non-hydrogen) atoms. The number of aliphatic imine (C=N–C) groups is 1. The summed E-state index contributed by atoms with van der Waals surface area (Å²) in [6.45, 7) is 3.64. The third-order valence-corrected chi connectivity index (χ3v) is 7.02. The van der Waals surface area contributed by atoms with Crippen molar-refractivity contribution in [2.75, 3.05) is 19.6 Å². The number of nitrogens with one attached hydrogen (secondary N) is 1. The Kier molecular flexibility index (Phi) is 6.91. The number of amides is 1. The molecule has 1 atom stereocenters. The number of nitrogens with zero attached hydrogens (tertiary/aromatic N) is 5. The summed E-state index contributed by atoms with van der Waals surface area (Å²) in [6.07, 6.45) is 4.43. The van der Waals surface area contributed by atoms with Crippen LogP contribution in [0.5, 0.6) is 0 Å². The normalized spacial score (nSPS) is 16.0. The monoisotopic (exact) mass is 490 g/mol. The van der Waals surface area contributed by atoms with Crippen LogP contribution in [-0.2, 0) is 18.3 Å². The number of piperazine rings is 1. The van der Waals surface area contributed by atoms with Gasteiger partial charge in [0.2, 0.25) is 11.9 Å². The van der Waals surface area contributed by atoms with E-state index in [0.717, 1.165) is 33.3 Å². The lowest BCUT2D eigenvalue weighted by molar-refractivity contribution is -0.134. The van der Waals surface area contributed by atoms with Gasteiger partial charge in [0.05, 0.1) is 18.2 Å². The third-order valence-electron chi connectivity index (χ3n) is 7.02. The van der Waals surface area contributed by atoms with E-state index in [1.165, 1.54) is 0 Å². The average Bonchev–Trinajstić information content (AvgIpc) is 3.24. The topological polar surface area (TPSA) is 76.7 Å². The lowest BCUT2D eigenvalue weighted by Crippen LogP contribution is -2.54. The van der Waals surface area contributed by atoms with Crippen LogP contribution in [0.25, 0.3) is 10.9 Å². The number of carbonyl (C=O) groups is 1. The number of hydrogen-bond acceptors (Lipinski definition) is 3. The zero-order chi connectivity index (χ0) is 25.8. The minimum absolute atomic E-state index is 0.0930. The van der Waals surface area contributed by atoms with Gasteiger partial charge >= 0.3 is 0 Å². The molecule has 7 heteroatoms. The van der Waals surface area contributed by atoms with Crippen molar-refractivity contribution in [3.05, 3.63) is 102 Å². The van der Waals surface area contributed by atoms with Gasteiger partial charge in [-0.1, -0.05) is 66.7 Å². The predicted octanol–water partition coefficient (Wildman–Crippen LogP) is 4.67. The number of guanidine groups is 1. The molecule has 1 fully saturated rings. The summed E-state index contributed by atoms with van der Waals surface area (Å²) in [5.41, 5.74) is 5.06. The molecular formula is C30H30N6O. The standard InChI is InChI=1S/C30H30N6O/c1-22-10-6-8-14-26(22)33-30(32-21-31)35-16-17-36(28(20-35)23-11-4-3-5-12-23)29(37)18-24-19-34(2)27-15-9-7-13-25(24)27/h3-15,19,28H,16-18,20H2,1-2H3,(H,32,33). The smallest absolute Gasteiger partial charge is 0.227 e. The van der Waals surface area contributed by atoms with Crippen LogP contribution in [0.4, 0.5) is 5.69 Å². The molecule has 0 spiro atoms. The zero-order valence-corrected chi connectivity index (χ0v) is 21.1. The number of para-hydroxylation sites is 2. The molecule has 1 saturated heterocycles. The Labute approximate surface area is 217 Å². The number of hydrogen-bond donors (Lipinski definition) is 1. The summed E-state index contributed by atoms with van der Waals surface area (Å²) in [5.74, 6) is 0.592. The lowest BCUT2D eigenvalue weighted by Gasteiger charge is -2.42. The van der Waals surface area contributed by atoms with E-state index in [9.17, 15) is 10.1 Å². The van der Waals surface area contributed by atoms with Crippen molar-refractivity contribution in [1.29, 1.82) is 5.26 Å². The van der Waals surface area contributed by atoms with E-state index in [0.29, 0.717) is 32.0 Å². The van der Waals surface area contributed by atoms with Gasteiger partial charge in [0, 0.05) is 43.8 Å². The first-order valence-electron chi connectivity index (χ1n) is 12.5. The molecule has 1 N–H and O–H groups in total. The van der Waals surface area contributed by atoms with Crippen LogP contribution in [0.2, 0.25) is 0 Å². The molecule has 0 aliphatic carbocycles. The summed E-state index contributed by atoms with van der Waals surface area (Å²) in [4.78, 5) is 22.6. The van der Waals surface area contributed by atoms with E-state index >= 15 is 0 Å². The van der Waals surface area contributed by atoms with Gasteiger partial charge in [-0.25, -0.2) is 4.99 Å². The fourth-order valence-corrected chi connectivity index (χ4v) is 5.10. The van der Waals surface area contributed by atoms with E-state index in [2.05, 4.69) is 45.2 Å². The van der Waals surface area contributed by atoms with E-state index in [4.69, 9.17) is 4.99 Å². The van der Waals surface area contributed by atoms with E-state index in [1.54, 1.807) is 0 Å². The van der Waals surface area contributed by atoms with Crippen molar-refractivity contribution < 1.29 is 4.79 Å². The first kappa shape index (κ1) is 24.1. The lowest BCUT2D eigenvalue weighted by atomic mass is 10.0. The van der Waals surface area contributed by atoms with Gasteiger partial charge < -0.3 is 14.4 Å². The van der Waals surface area contributed by atoms with E-state index < -0.39 is 0 Å². The van der Waals surface area contributed by atoms with Gasteiger partial charge in [-0.15, -0.1) is 0 Å². The fourth-order valence-electron chi connectivity index (χ4n) is 5.10. The summed E-state index contributed by atoms with van der Waals surface area (Å²) in [6, 6.07) is 26.0. The Morgan fingerprint density at radius 2 is 1.76 bits per heavy atom. The Morgan fingerprint density at radius 3 is 2.54 bits per heavy atom. The number of benzene rings is 3. The minimum Gasteiger partial charge on any atom is -0.350 e. The second-order valence-corrected chi connectivity index (χ2v) is 9.38. The van der Waals surface area contributed by atoms with E-state index in [1.807, 2.05) is 79.7 Å². The van der Waals surface area contributed by atoms with Crippen LogP contribution in [0.15, 0.2) is 90.1 Å². The van der Waals surface area contributed by atoms with Crippen molar-refractivity contribution in [1.82, 2.24) is 19.7 Å². The van der Waals surface area contributed by atoms with E-state index in [-0.39, 0.29) is 11.9 Å². The second kappa shape index (κ2) is 10.6. The van der Waals surface area contributed by atoms with Gasteiger partial charge in [-0.3, -0.25) is 10.1 Å². The first-order valence-corrected chi connectivity index (χ1v) is 12.5. The fraction of sp³-hybridized carbons (Fsp3) is 0.233.